The fraction of sp³-hybridized carbons (Fsp3) is 0.800. The van der Waals surface area contributed by atoms with Gasteiger partial charge < -0.3 is 4.48 Å². The average Bonchev–Trinajstić information content (AvgIpc) is 1.59. The molecule has 0 spiro atoms. The van der Waals surface area contributed by atoms with Crippen molar-refractivity contribution in [3.63, 3.8) is 0 Å². The van der Waals surface area contributed by atoms with Gasteiger partial charge in [-0.3, -0.25) is 10.2 Å². The van der Waals surface area contributed by atoms with Crippen LogP contribution in [-0.2, 0) is 4.79 Å². The zero-order valence-electron chi connectivity index (χ0n) is 6.44. The first-order chi connectivity index (χ1) is 4.45. The molecule has 0 heterocycles. The maximum Gasteiger partial charge on any atom is 0.290 e. The van der Waals surface area contributed by atoms with Gasteiger partial charge in [-0.15, -0.1) is 4.94 Å². The predicted octanol–water partition coefficient (Wildman–Crippen LogP) is -0.533. The van der Waals surface area contributed by atoms with E-state index in [-0.39, 0.29) is 5.91 Å². The topological polar surface area (TPSA) is 41.1 Å². The van der Waals surface area contributed by atoms with Gasteiger partial charge in [-0.2, -0.15) is 0 Å². The van der Waals surface area contributed by atoms with E-state index in [9.17, 15) is 4.79 Å². The number of hydrazine groups is 1. The number of carbonyl (C=O) groups excluding carboxylic acids is 1. The van der Waals surface area contributed by atoms with E-state index in [4.69, 9.17) is 11.8 Å². The van der Waals surface area contributed by atoms with Gasteiger partial charge in [0.1, 0.15) is 0 Å². The number of likely N-dealkylation sites (N-methyl/N-ethyl adjacent to an activating group) is 1. The Bertz CT molecular complexity index is 121. The number of hydrogen-bond donors (Lipinski definition) is 2. The van der Waals surface area contributed by atoms with Crippen LogP contribution < -0.4 is 10.4 Å². The Labute approximate surface area is 65.8 Å². The van der Waals surface area contributed by atoms with Gasteiger partial charge in [0.25, 0.3) is 5.91 Å². The number of rotatable bonds is 3. The molecular formula is C5H13ClN3O+. The summed E-state index contributed by atoms with van der Waals surface area (Å²) in [7, 11) is 5.77. The Kier molecular flexibility index (Phi) is 3.63. The van der Waals surface area contributed by atoms with Crippen molar-refractivity contribution in [1.82, 2.24) is 10.4 Å². The average molecular weight is 167 g/mol. The Balaban J connectivity index is 3.58. The summed E-state index contributed by atoms with van der Waals surface area (Å²) >= 11 is 5.04. The van der Waals surface area contributed by atoms with Crippen LogP contribution in [0.25, 0.3) is 0 Å². The van der Waals surface area contributed by atoms with Crippen LogP contribution in [0.1, 0.15) is 0 Å². The van der Waals surface area contributed by atoms with Gasteiger partial charge in [-0.1, -0.05) is 0 Å². The van der Waals surface area contributed by atoms with Gasteiger partial charge >= 0.3 is 0 Å². The molecule has 0 aliphatic carbocycles. The fourth-order valence-corrected chi connectivity index (χ4v) is 0.628. The van der Waals surface area contributed by atoms with Crippen molar-refractivity contribution < 1.29 is 9.28 Å². The van der Waals surface area contributed by atoms with E-state index in [0.29, 0.717) is 11.0 Å². The minimum atomic E-state index is -0.123. The molecule has 0 atom stereocenters. The van der Waals surface area contributed by atoms with Crippen molar-refractivity contribution in [2.75, 3.05) is 27.7 Å². The summed E-state index contributed by atoms with van der Waals surface area (Å²) in [6, 6.07) is 0. The highest BCUT2D eigenvalue weighted by atomic mass is 35.5. The van der Waals surface area contributed by atoms with E-state index in [1.807, 2.05) is 21.1 Å². The summed E-state index contributed by atoms with van der Waals surface area (Å²) < 4.78 is 0.588. The number of quaternary nitrogens is 1. The highest BCUT2D eigenvalue weighted by Gasteiger charge is 2.12. The molecule has 0 fully saturated rings. The summed E-state index contributed by atoms with van der Waals surface area (Å²) in [5.41, 5.74) is 2.26. The van der Waals surface area contributed by atoms with Crippen molar-refractivity contribution in [3.05, 3.63) is 0 Å². The van der Waals surface area contributed by atoms with E-state index < -0.39 is 0 Å². The molecule has 0 aliphatic rings. The SMILES string of the molecule is C[N+](C)(C)CC(=O)NNCl. The first kappa shape index (κ1) is 9.68. The third kappa shape index (κ3) is 5.81. The lowest BCUT2D eigenvalue weighted by Gasteiger charge is -2.22. The molecule has 1 amide bonds. The van der Waals surface area contributed by atoms with Crippen molar-refractivity contribution in [1.29, 1.82) is 0 Å². The van der Waals surface area contributed by atoms with Crippen molar-refractivity contribution in [2.45, 2.75) is 0 Å². The second-order valence-electron chi connectivity index (χ2n) is 3.09. The molecule has 0 bridgehead atoms. The predicted molar refractivity (Wildman–Crippen MR) is 40.0 cm³/mol. The van der Waals surface area contributed by atoms with Crippen molar-refractivity contribution in [3.8, 4) is 0 Å². The summed E-state index contributed by atoms with van der Waals surface area (Å²) in [5.74, 6) is -0.123. The fourth-order valence-electron chi connectivity index (χ4n) is 0.523. The maximum absolute atomic E-state index is 10.8. The summed E-state index contributed by atoms with van der Waals surface area (Å²) in [5, 5.41) is 0. The molecule has 60 valence electrons. The minimum absolute atomic E-state index is 0.123. The Hall–Kier alpha value is -0.320. The molecule has 0 radical (unpaired) electrons. The third-order valence-electron chi connectivity index (χ3n) is 0.805. The highest BCUT2D eigenvalue weighted by molar-refractivity contribution is 6.13. The molecule has 0 aromatic rings. The summed E-state index contributed by atoms with van der Waals surface area (Å²) in [6.45, 7) is 0.403. The molecule has 0 saturated carbocycles. The van der Waals surface area contributed by atoms with Crippen LogP contribution >= 0.6 is 11.8 Å². The van der Waals surface area contributed by atoms with Crippen LogP contribution in [0.4, 0.5) is 0 Å². The summed E-state index contributed by atoms with van der Waals surface area (Å²) in [4.78, 5) is 12.8. The molecule has 0 aromatic carbocycles. The van der Waals surface area contributed by atoms with Crippen molar-refractivity contribution in [2.24, 2.45) is 0 Å². The monoisotopic (exact) mass is 166 g/mol. The maximum atomic E-state index is 10.8. The van der Waals surface area contributed by atoms with E-state index in [1.54, 1.807) is 0 Å². The van der Waals surface area contributed by atoms with E-state index in [1.165, 1.54) is 0 Å². The largest absolute Gasteiger partial charge is 0.323 e. The first-order valence-electron chi connectivity index (χ1n) is 2.90. The van der Waals surface area contributed by atoms with Gasteiger partial charge in [-0.25, -0.2) is 0 Å². The van der Waals surface area contributed by atoms with Crippen LogP contribution in [0.3, 0.4) is 0 Å². The van der Waals surface area contributed by atoms with E-state index in [0.717, 1.165) is 0 Å². The molecule has 0 rings (SSSR count). The van der Waals surface area contributed by atoms with Gasteiger partial charge in [-0.05, 0) is 11.8 Å². The van der Waals surface area contributed by atoms with E-state index in [2.05, 4.69) is 10.4 Å². The number of hydrogen-bond acceptors (Lipinski definition) is 2. The number of carbonyl (C=O) groups is 1. The number of halogens is 1. The lowest BCUT2D eigenvalue weighted by atomic mass is 10.5. The van der Waals surface area contributed by atoms with Gasteiger partial charge in [0, 0.05) is 0 Å². The Morgan fingerprint density at radius 2 is 2.00 bits per heavy atom. The third-order valence-corrected chi connectivity index (χ3v) is 0.899. The second kappa shape index (κ2) is 3.75. The van der Waals surface area contributed by atoms with Gasteiger partial charge in [0.05, 0.1) is 21.1 Å². The summed E-state index contributed by atoms with van der Waals surface area (Å²) in [6.07, 6.45) is 0. The lowest BCUT2D eigenvalue weighted by molar-refractivity contribution is -0.862. The van der Waals surface area contributed by atoms with Gasteiger partial charge in [0.2, 0.25) is 0 Å². The second-order valence-corrected chi connectivity index (χ2v) is 3.28. The molecule has 0 saturated heterocycles. The van der Waals surface area contributed by atoms with Crippen LogP contribution in [0.5, 0.6) is 0 Å². The number of amides is 1. The highest BCUT2D eigenvalue weighted by Crippen LogP contribution is 1.86. The molecule has 4 nitrogen and oxygen atoms in total. The first-order valence-corrected chi connectivity index (χ1v) is 3.28. The molecule has 2 N–H and O–H groups in total. The smallest absolute Gasteiger partial charge is 0.290 e. The van der Waals surface area contributed by atoms with Crippen LogP contribution in [-0.4, -0.2) is 38.1 Å². The molecule has 0 aromatic heterocycles. The molecule has 10 heavy (non-hydrogen) atoms. The number of nitrogens with one attached hydrogen (secondary N) is 2. The quantitative estimate of drug-likeness (QED) is 0.336. The minimum Gasteiger partial charge on any atom is -0.323 e. The number of nitrogens with zero attached hydrogens (tertiary/aromatic N) is 1. The molecule has 0 unspecified atom stereocenters. The zero-order chi connectivity index (χ0) is 8.20. The Morgan fingerprint density at radius 3 is 2.30 bits per heavy atom. The van der Waals surface area contributed by atoms with E-state index >= 15 is 0 Å². The van der Waals surface area contributed by atoms with Crippen LogP contribution in [0.15, 0.2) is 0 Å². The van der Waals surface area contributed by atoms with Crippen LogP contribution in [0.2, 0.25) is 0 Å². The van der Waals surface area contributed by atoms with Gasteiger partial charge in [0.15, 0.2) is 6.54 Å². The lowest BCUT2D eigenvalue weighted by Crippen LogP contribution is -2.46. The molecular weight excluding hydrogens is 154 g/mol. The Morgan fingerprint density at radius 1 is 1.50 bits per heavy atom. The standard InChI is InChI=1S/C5H12ClN3O/c1-9(2,3)4-5(10)7-8-6/h8H,4H2,1-3H3/p+1. The molecule has 5 heteroatoms. The van der Waals surface area contributed by atoms with Crippen molar-refractivity contribution >= 4 is 17.7 Å². The van der Waals surface area contributed by atoms with Crippen LogP contribution in [0, 0.1) is 0 Å². The molecule has 0 aliphatic heterocycles. The normalized spacial score (nSPS) is 11.2. The zero-order valence-corrected chi connectivity index (χ0v) is 7.20.